The molecule has 0 N–H and O–H groups in total. The van der Waals surface area contributed by atoms with Crippen LogP contribution in [0.3, 0.4) is 0 Å². The van der Waals surface area contributed by atoms with Crippen LogP contribution in [0.1, 0.15) is 35.5 Å². The molecular weight excluding hydrogens is 402 g/mol. The van der Waals surface area contributed by atoms with Gasteiger partial charge in [-0.3, -0.25) is 9.59 Å². The van der Waals surface area contributed by atoms with Crippen LogP contribution in [-0.2, 0) is 24.9 Å². The van der Waals surface area contributed by atoms with Gasteiger partial charge in [0.1, 0.15) is 12.3 Å². The van der Waals surface area contributed by atoms with Gasteiger partial charge in [-0.1, -0.05) is 36.4 Å². The molecule has 2 amide bonds. The van der Waals surface area contributed by atoms with Crippen molar-refractivity contribution in [2.75, 3.05) is 13.7 Å². The third-order valence-electron chi connectivity index (χ3n) is 5.48. The lowest BCUT2D eigenvalue weighted by molar-refractivity contribution is -0.133. The van der Waals surface area contributed by atoms with E-state index in [9.17, 15) is 9.59 Å². The van der Waals surface area contributed by atoms with E-state index in [4.69, 9.17) is 4.74 Å². The maximum atomic E-state index is 13.5. The Bertz CT molecular complexity index is 1040. The Hall–Kier alpha value is -3.54. The van der Waals surface area contributed by atoms with E-state index in [-0.39, 0.29) is 24.4 Å². The molecule has 6 nitrogen and oxygen atoms in total. The van der Waals surface area contributed by atoms with Crippen LogP contribution in [-0.4, -0.2) is 45.9 Å². The highest BCUT2D eigenvalue weighted by atomic mass is 16.5. The molecule has 0 saturated carbocycles. The lowest BCUT2D eigenvalue weighted by Gasteiger charge is -2.30. The topological polar surface area (TPSA) is 54.8 Å². The van der Waals surface area contributed by atoms with Gasteiger partial charge < -0.3 is 19.1 Å². The number of benzene rings is 2. The Labute approximate surface area is 190 Å². The quantitative estimate of drug-likeness (QED) is 0.510. The predicted molar refractivity (Wildman–Crippen MR) is 125 cm³/mol. The smallest absolute Gasteiger partial charge is 0.254 e. The Balaban J connectivity index is 1.82. The summed E-state index contributed by atoms with van der Waals surface area (Å²) in [5.41, 5.74) is 2.58. The summed E-state index contributed by atoms with van der Waals surface area (Å²) in [6.07, 6.45) is 1.97. The Morgan fingerprint density at radius 3 is 2.34 bits per heavy atom. The van der Waals surface area contributed by atoms with Crippen molar-refractivity contribution in [1.29, 1.82) is 0 Å². The van der Waals surface area contributed by atoms with Crippen molar-refractivity contribution in [1.82, 2.24) is 14.4 Å². The van der Waals surface area contributed by atoms with Gasteiger partial charge in [-0.05, 0) is 49.7 Å². The average Bonchev–Trinajstić information content (AvgIpc) is 3.21. The van der Waals surface area contributed by atoms with E-state index in [0.29, 0.717) is 24.4 Å². The molecule has 0 atom stereocenters. The lowest BCUT2D eigenvalue weighted by Crippen LogP contribution is -2.45. The van der Waals surface area contributed by atoms with Gasteiger partial charge in [0.05, 0.1) is 13.7 Å². The molecule has 0 bridgehead atoms. The van der Waals surface area contributed by atoms with Crippen molar-refractivity contribution < 1.29 is 14.3 Å². The predicted octanol–water partition coefficient (Wildman–Crippen LogP) is 4.11. The fourth-order valence-electron chi connectivity index (χ4n) is 3.55. The highest BCUT2D eigenvalue weighted by Gasteiger charge is 2.25. The summed E-state index contributed by atoms with van der Waals surface area (Å²) in [6, 6.07) is 20.8. The minimum atomic E-state index is -0.189. The number of nitrogens with zero attached hydrogens (tertiary/aromatic N) is 3. The summed E-state index contributed by atoms with van der Waals surface area (Å²) < 4.78 is 7.26. The lowest BCUT2D eigenvalue weighted by atomic mass is 10.1. The van der Waals surface area contributed by atoms with Crippen molar-refractivity contribution in [2.24, 2.45) is 7.05 Å². The third kappa shape index (κ3) is 5.78. The summed E-state index contributed by atoms with van der Waals surface area (Å²) in [7, 11) is 3.53. The van der Waals surface area contributed by atoms with Crippen LogP contribution in [0.4, 0.5) is 0 Å². The number of hydrogen-bond acceptors (Lipinski definition) is 3. The Kier molecular flexibility index (Phi) is 7.71. The van der Waals surface area contributed by atoms with Gasteiger partial charge in [-0.15, -0.1) is 0 Å². The zero-order valence-electron chi connectivity index (χ0n) is 19.2. The van der Waals surface area contributed by atoms with Crippen LogP contribution in [0.5, 0.6) is 5.75 Å². The molecule has 3 rings (SSSR count). The number of carbonyl (C=O) groups excluding carboxylic acids is 2. The summed E-state index contributed by atoms with van der Waals surface area (Å²) in [5.74, 6) is 0.325. The zero-order chi connectivity index (χ0) is 23.1. The minimum absolute atomic E-state index is 0.00493. The second kappa shape index (κ2) is 10.7. The number of carbonyl (C=O) groups is 2. The van der Waals surface area contributed by atoms with Crippen molar-refractivity contribution in [3.05, 3.63) is 89.7 Å². The Morgan fingerprint density at radius 1 is 0.969 bits per heavy atom. The number of methoxy groups -OCH3 is 1. The van der Waals surface area contributed by atoms with Gasteiger partial charge in [-0.2, -0.15) is 0 Å². The summed E-state index contributed by atoms with van der Waals surface area (Å²) >= 11 is 0. The Morgan fingerprint density at radius 2 is 1.72 bits per heavy atom. The van der Waals surface area contributed by atoms with Crippen molar-refractivity contribution in [3.8, 4) is 5.75 Å². The standard InChI is InChI=1S/C26H31N3O3/c1-20(2)29(26(31)22-12-8-14-24(16-22)32-4)19-25(30)28(17-21-10-6-5-7-11-21)18-23-13-9-15-27(23)3/h5-16,20H,17-19H2,1-4H3. The van der Waals surface area contributed by atoms with E-state index < -0.39 is 0 Å². The summed E-state index contributed by atoms with van der Waals surface area (Å²) in [6.45, 7) is 4.79. The highest BCUT2D eigenvalue weighted by Crippen LogP contribution is 2.17. The molecule has 0 spiro atoms. The van der Waals surface area contributed by atoms with E-state index >= 15 is 0 Å². The maximum Gasteiger partial charge on any atom is 0.254 e. The van der Waals surface area contributed by atoms with Crippen LogP contribution in [0.15, 0.2) is 72.9 Å². The molecule has 2 aromatic carbocycles. The average molecular weight is 434 g/mol. The van der Waals surface area contributed by atoms with Gasteiger partial charge >= 0.3 is 0 Å². The van der Waals surface area contributed by atoms with Crippen molar-refractivity contribution in [3.63, 3.8) is 0 Å². The minimum Gasteiger partial charge on any atom is -0.497 e. The van der Waals surface area contributed by atoms with Crippen LogP contribution in [0.25, 0.3) is 0 Å². The highest BCUT2D eigenvalue weighted by molar-refractivity contribution is 5.97. The first kappa shape index (κ1) is 23.1. The molecule has 0 aliphatic carbocycles. The van der Waals surface area contributed by atoms with Gasteiger partial charge in [-0.25, -0.2) is 0 Å². The number of rotatable bonds is 9. The summed E-state index contributed by atoms with van der Waals surface area (Å²) in [4.78, 5) is 30.1. The molecule has 0 radical (unpaired) electrons. The zero-order valence-corrected chi connectivity index (χ0v) is 19.2. The van der Waals surface area contributed by atoms with Gasteiger partial charge in [0.2, 0.25) is 5.91 Å². The van der Waals surface area contributed by atoms with E-state index in [2.05, 4.69) is 0 Å². The van der Waals surface area contributed by atoms with Crippen LogP contribution in [0, 0.1) is 0 Å². The molecule has 168 valence electrons. The number of aryl methyl sites for hydroxylation is 1. The molecule has 1 heterocycles. The number of amides is 2. The van der Waals surface area contributed by atoms with Gasteiger partial charge in [0.15, 0.2) is 0 Å². The second-order valence-corrected chi connectivity index (χ2v) is 8.10. The molecule has 32 heavy (non-hydrogen) atoms. The first-order chi connectivity index (χ1) is 15.4. The fraction of sp³-hybridized carbons (Fsp3) is 0.308. The third-order valence-corrected chi connectivity index (χ3v) is 5.48. The molecule has 3 aromatic rings. The first-order valence-electron chi connectivity index (χ1n) is 10.8. The van der Waals surface area contributed by atoms with Crippen LogP contribution < -0.4 is 4.74 Å². The normalized spacial score (nSPS) is 10.8. The van der Waals surface area contributed by atoms with Crippen molar-refractivity contribution >= 4 is 11.8 Å². The summed E-state index contributed by atoms with van der Waals surface area (Å²) in [5, 5.41) is 0. The van der Waals surface area contributed by atoms with Crippen LogP contribution in [0.2, 0.25) is 0 Å². The largest absolute Gasteiger partial charge is 0.497 e. The van der Waals surface area contributed by atoms with Gasteiger partial charge in [0, 0.05) is 37.1 Å². The van der Waals surface area contributed by atoms with E-state index in [0.717, 1.165) is 11.3 Å². The maximum absolute atomic E-state index is 13.5. The molecule has 0 saturated heterocycles. The first-order valence-corrected chi connectivity index (χ1v) is 10.8. The van der Waals surface area contributed by atoms with E-state index in [1.165, 1.54) is 0 Å². The molecule has 1 aromatic heterocycles. The molecule has 6 heteroatoms. The SMILES string of the molecule is COc1cccc(C(=O)N(CC(=O)N(Cc2ccccc2)Cc2cccn2C)C(C)C)c1. The van der Waals surface area contributed by atoms with Crippen molar-refractivity contribution in [2.45, 2.75) is 33.0 Å². The second-order valence-electron chi connectivity index (χ2n) is 8.10. The fourth-order valence-corrected chi connectivity index (χ4v) is 3.55. The number of hydrogen-bond donors (Lipinski definition) is 0. The van der Waals surface area contributed by atoms with E-state index in [1.54, 1.807) is 41.2 Å². The monoisotopic (exact) mass is 433 g/mol. The van der Waals surface area contributed by atoms with E-state index in [1.807, 2.05) is 74.1 Å². The molecule has 0 aliphatic rings. The number of ether oxygens (including phenoxy) is 1. The number of aromatic nitrogens is 1. The molecule has 0 aliphatic heterocycles. The van der Waals surface area contributed by atoms with Crippen LogP contribution >= 0.6 is 0 Å². The van der Waals surface area contributed by atoms with Gasteiger partial charge in [0.25, 0.3) is 5.91 Å². The molecular formula is C26H31N3O3. The molecule has 0 fully saturated rings. The molecule has 0 unspecified atom stereocenters.